The Bertz CT molecular complexity index is 635. The number of hydrogen-bond acceptors (Lipinski definition) is 3. The molecule has 0 amide bonds. The van der Waals surface area contributed by atoms with Crippen molar-refractivity contribution >= 4 is 17.0 Å². The Morgan fingerprint density at radius 1 is 1.25 bits per heavy atom. The van der Waals surface area contributed by atoms with E-state index >= 15 is 0 Å². The second kappa shape index (κ2) is 5.19. The number of aromatic nitrogens is 1. The largest absolute Gasteiger partial charge is 0.497 e. The van der Waals surface area contributed by atoms with E-state index in [4.69, 9.17) is 9.47 Å². The summed E-state index contributed by atoms with van der Waals surface area (Å²) in [5.41, 5.74) is 1.27. The van der Waals surface area contributed by atoms with Gasteiger partial charge in [-0.25, -0.2) is 9.36 Å². The van der Waals surface area contributed by atoms with Crippen LogP contribution in [-0.2, 0) is 11.2 Å². The highest BCUT2D eigenvalue weighted by atomic mass is 16.6. The van der Waals surface area contributed by atoms with Crippen molar-refractivity contribution in [1.29, 1.82) is 0 Å². The Labute approximate surface area is 119 Å². The minimum absolute atomic E-state index is 0.338. The van der Waals surface area contributed by atoms with Crippen LogP contribution in [0.5, 0.6) is 5.75 Å². The van der Waals surface area contributed by atoms with E-state index in [1.54, 1.807) is 11.7 Å². The molecule has 0 spiro atoms. The zero-order valence-electron chi connectivity index (χ0n) is 12.7. The Balaban J connectivity index is 2.53. The summed E-state index contributed by atoms with van der Waals surface area (Å²) in [5, 5.41) is 0.979. The van der Waals surface area contributed by atoms with E-state index in [2.05, 4.69) is 0 Å². The fraction of sp³-hybridized carbons (Fsp3) is 0.438. The molecule has 0 saturated carbocycles. The van der Waals surface area contributed by atoms with Gasteiger partial charge in [0, 0.05) is 11.1 Å². The first kappa shape index (κ1) is 14.4. The van der Waals surface area contributed by atoms with Crippen LogP contribution < -0.4 is 4.74 Å². The molecule has 0 aliphatic carbocycles. The second-order valence-electron chi connectivity index (χ2n) is 5.73. The van der Waals surface area contributed by atoms with Crippen molar-refractivity contribution in [1.82, 2.24) is 4.57 Å². The highest BCUT2D eigenvalue weighted by molar-refractivity contribution is 5.91. The summed E-state index contributed by atoms with van der Waals surface area (Å²) in [7, 11) is 1.63. The Morgan fingerprint density at radius 2 is 1.95 bits per heavy atom. The number of carbonyl (C=O) groups is 1. The van der Waals surface area contributed by atoms with E-state index in [1.165, 1.54) is 0 Å². The summed E-state index contributed by atoms with van der Waals surface area (Å²) in [4.78, 5) is 12.4. The van der Waals surface area contributed by atoms with Gasteiger partial charge in [0.25, 0.3) is 0 Å². The molecule has 0 unspecified atom stereocenters. The SMILES string of the molecule is CCc1cc2cc(OC)ccc2n1C(=O)OC(C)(C)C. The highest BCUT2D eigenvalue weighted by Crippen LogP contribution is 2.26. The molecule has 0 fully saturated rings. The lowest BCUT2D eigenvalue weighted by Crippen LogP contribution is -2.27. The Hall–Kier alpha value is -1.97. The molecule has 0 radical (unpaired) electrons. The second-order valence-corrected chi connectivity index (χ2v) is 5.73. The van der Waals surface area contributed by atoms with E-state index in [1.807, 2.05) is 52.0 Å². The van der Waals surface area contributed by atoms with Gasteiger partial charge >= 0.3 is 6.09 Å². The summed E-state index contributed by atoms with van der Waals surface area (Å²) >= 11 is 0. The first-order valence-corrected chi connectivity index (χ1v) is 6.77. The normalized spacial score (nSPS) is 11.7. The van der Waals surface area contributed by atoms with Crippen molar-refractivity contribution < 1.29 is 14.3 Å². The minimum Gasteiger partial charge on any atom is -0.497 e. The zero-order chi connectivity index (χ0) is 14.9. The third-order valence-corrected chi connectivity index (χ3v) is 3.02. The predicted molar refractivity (Wildman–Crippen MR) is 79.5 cm³/mol. The number of methoxy groups -OCH3 is 1. The molecule has 1 aromatic carbocycles. The highest BCUT2D eigenvalue weighted by Gasteiger charge is 2.21. The maximum Gasteiger partial charge on any atom is 0.419 e. The standard InChI is InChI=1S/C16H21NO3/c1-6-12-9-11-10-13(19-5)7-8-14(11)17(12)15(18)20-16(2,3)4/h7-10H,6H2,1-5H3. The van der Waals surface area contributed by atoms with Gasteiger partial charge in [-0.05, 0) is 51.5 Å². The molecule has 108 valence electrons. The van der Waals surface area contributed by atoms with Crippen LogP contribution in [0.2, 0.25) is 0 Å². The monoisotopic (exact) mass is 275 g/mol. The molecule has 0 saturated heterocycles. The number of rotatable bonds is 2. The van der Waals surface area contributed by atoms with Gasteiger partial charge < -0.3 is 9.47 Å². The lowest BCUT2D eigenvalue weighted by Gasteiger charge is -2.20. The average molecular weight is 275 g/mol. The summed E-state index contributed by atoms with van der Waals surface area (Å²) in [6.45, 7) is 7.62. The Kier molecular flexibility index (Phi) is 3.75. The summed E-state index contributed by atoms with van der Waals surface area (Å²) < 4.78 is 12.3. The summed E-state index contributed by atoms with van der Waals surface area (Å²) in [5.74, 6) is 0.779. The quantitative estimate of drug-likeness (QED) is 0.832. The zero-order valence-corrected chi connectivity index (χ0v) is 12.7. The number of ether oxygens (including phenoxy) is 2. The topological polar surface area (TPSA) is 40.5 Å². The van der Waals surface area contributed by atoms with E-state index < -0.39 is 5.60 Å². The first-order chi connectivity index (χ1) is 9.35. The van der Waals surface area contributed by atoms with Crippen molar-refractivity contribution in [3.8, 4) is 5.75 Å². The van der Waals surface area contributed by atoms with Gasteiger partial charge in [-0.3, -0.25) is 0 Å². The molecule has 0 atom stereocenters. The van der Waals surface area contributed by atoms with Gasteiger partial charge in [0.2, 0.25) is 0 Å². The van der Waals surface area contributed by atoms with Crippen molar-refractivity contribution in [3.63, 3.8) is 0 Å². The number of nitrogens with zero attached hydrogens (tertiary/aromatic N) is 1. The van der Waals surface area contributed by atoms with Crippen molar-refractivity contribution in [2.45, 2.75) is 39.7 Å². The maximum atomic E-state index is 12.4. The number of fused-ring (bicyclic) bond motifs is 1. The van der Waals surface area contributed by atoms with Crippen LogP contribution in [0.25, 0.3) is 10.9 Å². The first-order valence-electron chi connectivity index (χ1n) is 6.77. The van der Waals surface area contributed by atoms with Crippen molar-refractivity contribution in [2.24, 2.45) is 0 Å². The fourth-order valence-corrected chi connectivity index (χ4v) is 2.16. The molecule has 0 aliphatic heterocycles. The van der Waals surface area contributed by atoms with Crippen LogP contribution in [0.15, 0.2) is 24.3 Å². The summed E-state index contributed by atoms with van der Waals surface area (Å²) in [6, 6.07) is 7.66. The van der Waals surface area contributed by atoms with Crippen LogP contribution >= 0.6 is 0 Å². The molecule has 0 bridgehead atoms. The van der Waals surface area contributed by atoms with Crippen LogP contribution in [0.4, 0.5) is 4.79 Å². The molecule has 1 aromatic heterocycles. The molecular weight excluding hydrogens is 254 g/mol. The lowest BCUT2D eigenvalue weighted by atomic mass is 10.2. The lowest BCUT2D eigenvalue weighted by molar-refractivity contribution is 0.0540. The maximum absolute atomic E-state index is 12.4. The van der Waals surface area contributed by atoms with Gasteiger partial charge in [0.05, 0.1) is 12.6 Å². The third-order valence-electron chi connectivity index (χ3n) is 3.02. The molecule has 20 heavy (non-hydrogen) atoms. The van der Waals surface area contributed by atoms with Gasteiger partial charge in [-0.15, -0.1) is 0 Å². The molecule has 4 heteroatoms. The van der Waals surface area contributed by atoms with E-state index in [-0.39, 0.29) is 6.09 Å². The van der Waals surface area contributed by atoms with Gasteiger partial charge in [0.15, 0.2) is 0 Å². The number of hydrogen-bond donors (Lipinski definition) is 0. The molecule has 1 heterocycles. The average Bonchev–Trinajstić information content (AvgIpc) is 2.73. The molecule has 0 aliphatic rings. The summed E-state index contributed by atoms with van der Waals surface area (Å²) in [6.07, 6.45) is 0.422. The van der Waals surface area contributed by atoms with E-state index in [0.29, 0.717) is 0 Å². The Morgan fingerprint density at radius 3 is 2.50 bits per heavy atom. The van der Waals surface area contributed by atoms with Crippen LogP contribution in [-0.4, -0.2) is 23.4 Å². The van der Waals surface area contributed by atoms with Crippen LogP contribution in [0, 0.1) is 0 Å². The van der Waals surface area contributed by atoms with Gasteiger partial charge in [-0.1, -0.05) is 6.92 Å². The number of benzene rings is 1. The van der Waals surface area contributed by atoms with Gasteiger partial charge in [0.1, 0.15) is 11.4 Å². The smallest absolute Gasteiger partial charge is 0.419 e. The van der Waals surface area contributed by atoms with Gasteiger partial charge in [-0.2, -0.15) is 0 Å². The van der Waals surface area contributed by atoms with Crippen LogP contribution in [0.1, 0.15) is 33.4 Å². The fourth-order valence-electron chi connectivity index (χ4n) is 2.16. The minimum atomic E-state index is -0.509. The molecule has 0 N–H and O–H groups in total. The van der Waals surface area contributed by atoms with E-state index in [9.17, 15) is 4.79 Å². The van der Waals surface area contributed by atoms with Crippen molar-refractivity contribution in [2.75, 3.05) is 7.11 Å². The third kappa shape index (κ3) is 2.79. The number of aryl methyl sites for hydroxylation is 1. The molecular formula is C16H21NO3. The molecule has 4 nitrogen and oxygen atoms in total. The molecule has 2 aromatic rings. The molecule has 2 rings (SSSR count). The predicted octanol–water partition coefficient (Wildman–Crippen LogP) is 4.00. The van der Waals surface area contributed by atoms with E-state index in [0.717, 1.165) is 28.8 Å². The van der Waals surface area contributed by atoms with Crippen molar-refractivity contribution in [3.05, 3.63) is 30.0 Å². The number of carbonyl (C=O) groups excluding carboxylic acids is 1. The van der Waals surface area contributed by atoms with Crippen LogP contribution in [0.3, 0.4) is 0 Å².